The van der Waals surface area contributed by atoms with Gasteiger partial charge in [0, 0.05) is 16.3 Å². The third kappa shape index (κ3) is 4.36. The summed E-state index contributed by atoms with van der Waals surface area (Å²) in [6, 6.07) is 8.75. The van der Waals surface area contributed by atoms with Crippen LogP contribution in [-0.2, 0) is 10.5 Å². The molecule has 0 aliphatic heterocycles. The quantitative estimate of drug-likeness (QED) is 0.901. The fraction of sp³-hybridized carbons (Fsp3) is 0.214. The van der Waals surface area contributed by atoms with E-state index in [9.17, 15) is 9.18 Å². The molecule has 5 heteroatoms. The molecule has 0 unspecified atom stereocenters. The number of nitrogens with one attached hydrogen (secondary N) is 1. The van der Waals surface area contributed by atoms with Gasteiger partial charge in [-0.05, 0) is 36.1 Å². The zero-order valence-electron chi connectivity index (χ0n) is 10.5. The zero-order chi connectivity index (χ0) is 13.7. The van der Waals surface area contributed by atoms with Gasteiger partial charge in [0.2, 0.25) is 5.91 Å². The molecule has 0 saturated carbocycles. The Hall–Kier alpha value is -1.33. The van der Waals surface area contributed by atoms with Crippen molar-refractivity contribution in [2.75, 3.05) is 11.1 Å². The van der Waals surface area contributed by atoms with Crippen LogP contribution >= 0.6 is 23.1 Å². The van der Waals surface area contributed by atoms with Gasteiger partial charge in [-0.1, -0.05) is 12.1 Å². The molecule has 0 aliphatic rings. The summed E-state index contributed by atoms with van der Waals surface area (Å²) in [6.45, 7) is 1.69. The molecule has 0 bridgehead atoms. The summed E-state index contributed by atoms with van der Waals surface area (Å²) in [5.74, 6) is 0.787. The van der Waals surface area contributed by atoms with Gasteiger partial charge in [-0.25, -0.2) is 4.39 Å². The van der Waals surface area contributed by atoms with Crippen molar-refractivity contribution in [1.82, 2.24) is 0 Å². The van der Waals surface area contributed by atoms with Gasteiger partial charge in [-0.3, -0.25) is 4.79 Å². The topological polar surface area (TPSA) is 29.1 Å². The summed E-state index contributed by atoms with van der Waals surface area (Å²) < 4.78 is 13.3. The van der Waals surface area contributed by atoms with E-state index in [2.05, 4.69) is 5.32 Å². The van der Waals surface area contributed by atoms with Crippen molar-refractivity contribution in [3.8, 4) is 0 Å². The lowest BCUT2D eigenvalue weighted by atomic mass is 10.2. The standard InChI is InChI=1S/C14H14FNOS2/c1-10-4-5-11(7-13(10)15)16-14(17)9-18-8-12-3-2-6-19-12/h2-7H,8-9H2,1H3,(H,16,17). The van der Waals surface area contributed by atoms with Crippen molar-refractivity contribution in [3.63, 3.8) is 0 Å². The van der Waals surface area contributed by atoms with Crippen LogP contribution in [0.5, 0.6) is 0 Å². The van der Waals surface area contributed by atoms with Crippen molar-refractivity contribution in [1.29, 1.82) is 0 Å². The van der Waals surface area contributed by atoms with E-state index in [1.807, 2.05) is 17.5 Å². The molecule has 100 valence electrons. The highest BCUT2D eigenvalue weighted by atomic mass is 32.2. The minimum atomic E-state index is -0.302. The average molecular weight is 295 g/mol. The summed E-state index contributed by atoms with van der Waals surface area (Å²) >= 11 is 3.23. The van der Waals surface area contributed by atoms with Crippen LogP contribution < -0.4 is 5.32 Å². The second-order valence-corrected chi connectivity index (χ2v) is 6.10. The number of carbonyl (C=O) groups is 1. The monoisotopic (exact) mass is 295 g/mol. The van der Waals surface area contributed by atoms with Gasteiger partial charge in [0.05, 0.1) is 5.75 Å². The van der Waals surface area contributed by atoms with Crippen LogP contribution in [0.15, 0.2) is 35.7 Å². The van der Waals surface area contributed by atoms with E-state index < -0.39 is 0 Å². The highest BCUT2D eigenvalue weighted by Gasteiger charge is 2.05. The molecule has 19 heavy (non-hydrogen) atoms. The van der Waals surface area contributed by atoms with Crippen molar-refractivity contribution in [2.24, 2.45) is 0 Å². The molecule has 0 saturated heterocycles. The minimum absolute atomic E-state index is 0.107. The largest absolute Gasteiger partial charge is 0.325 e. The molecule has 1 aromatic carbocycles. The molecule has 0 fully saturated rings. The number of halogens is 1. The van der Waals surface area contributed by atoms with Crippen molar-refractivity contribution in [3.05, 3.63) is 52.0 Å². The number of benzene rings is 1. The smallest absolute Gasteiger partial charge is 0.234 e. The number of anilines is 1. The molecule has 1 N–H and O–H groups in total. The molecule has 2 aromatic rings. The summed E-state index contributed by atoms with van der Waals surface area (Å²) in [4.78, 5) is 12.9. The van der Waals surface area contributed by atoms with Gasteiger partial charge in [0.1, 0.15) is 5.82 Å². The normalized spacial score (nSPS) is 10.4. The fourth-order valence-corrected chi connectivity index (χ4v) is 3.17. The predicted molar refractivity (Wildman–Crippen MR) is 80.2 cm³/mol. The Morgan fingerprint density at radius 2 is 2.26 bits per heavy atom. The maximum absolute atomic E-state index is 13.3. The number of rotatable bonds is 5. The second kappa shape index (κ2) is 6.73. The second-order valence-electron chi connectivity index (χ2n) is 4.08. The van der Waals surface area contributed by atoms with Gasteiger partial charge in [0.25, 0.3) is 0 Å². The zero-order valence-corrected chi connectivity index (χ0v) is 12.1. The van der Waals surface area contributed by atoms with Crippen LogP contribution in [0, 0.1) is 12.7 Å². The van der Waals surface area contributed by atoms with Gasteiger partial charge in [-0.2, -0.15) is 0 Å². The number of hydrogen-bond donors (Lipinski definition) is 1. The average Bonchev–Trinajstić information content (AvgIpc) is 2.87. The Morgan fingerprint density at radius 3 is 2.95 bits per heavy atom. The molecule has 1 aromatic heterocycles. The van der Waals surface area contributed by atoms with Crippen molar-refractivity contribution < 1.29 is 9.18 Å². The number of thioether (sulfide) groups is 1. The summed E-state index contributed by atoms with van der Waals surface area (Å²) in [5, 5.41) is 4.71. The molecule has 1 amide bonds. The Labute approximate surface area is 120 Å². The molecule has 1 heterocycles. The van der Waals surface area contributed by atoms with Gasteiger partial charge < -0.3 is 5.32 Å². The lowest BCUT2D eigenvalue weighted by Gasteiger charge is -2.06. The first kappa shape index (κ1) is 14.1. The van der Waals surface area contributed by atoms with Crippen LogP contribution in [-0.4, -0.2) is 11.7 Å². The Bertz CT molecular complexity index is 555. The molecular weight excluding hydrogens is 281 g/mol. The van der Waals surface area contributed by atoms with E-state index in [0.29, 0.717) is 17.0 Å². The molecule has 0 aliphatic carbocycles. The first-order valence-corrected chi connectivity index (χ1v) is 7.85. The van der Waals surface area contributed by atoms with Crippen LogP contribution in [0.2, 0.25) is 0 Å². The third-order valence-electron chi connectivity index (χ3n) is 2.51. The number of carbonyl (C=O) groups excluding carboxylic acids is 1. The lowest BCUT2D eigenvalue weighted by molar-refractivity contribution is -0.113. The third-order valence-corrected chi connectivity index (χ3v) is 4.55. The van der Waals surface area contributed by atoms with Crippen molar-refractivity contribution >= 4 is 34.7 Å². The van der Waals surface area contributed by atoms with Crippen LogP contribution in [0.25, 0.3) is 0 Å². The highest BCUT2D eigenvalue weighted by molar-refractivity contribution is 7.99. The van der Waals surface area contributed by atoms with Crippen LogP contribution in [0.1, 0.15) is 10.4 Å². The molecule has 2 nitrogen and oxygen atoms in total. The molecule has 0 radical (unpaired) electrons. The SMILES string of the molecule is Cc1ccc(NC(=O)CSCc2cccs2)cc1F. The summed E-state index contributed by atoms with van der Waals surface area (Å²) in [6.07, 6.45) is 0. The van der Waals surface area contributed by atoms with E-state index >= 15 is 0 Å². The molecule has 0 atom stereocenters. The predicted octanol–water partition coefficient (Wildman–Crippen LogP) is 4.07. The Morgan fingerprint density at radius 1 is 1.42 bits per heavy atom. The first-order valence-electron chi connectivity index (χ1n) is 5.81. The molecule has 0 spiro atoms. The summed E-state index contributed by atoms with van der Waals surface area (Å²) in [5.41, 5.74) is 1.08. The molecule has 2 rings (SSSR count). The van der Waals surface area contributed by atoms with E-state index in [-0.39, 0.29) is 11.7 Å². The summed E-state index contributed by atoms with van der Waals surface area (Å²) in [7, 11) is 0. The van der Waals surface area contributed by atoms with Gasteiger partial charge in [-0.15, -0.1) is 23.1 Å². The van der Waals surface area contributed by atoms with Gasteiger partial charge >= 0.3 is 0 Å². The highest BCUT2D eigenvalue weighted by Crippen LogP contribution is 2.18. The number of aryl methyl sites for hydroxylation is 1. The first-order chi connectivity index (χ1) is 9.15. The lowest BCUT2D eigenvalue weighted by Crippen LogP contribution is -2.14. The van der Waals surface area contributed by atoms with Crippen LogP contribution in [0.4, 0.5) is 10.1 Å². The Balaban J connectivity index is 1.79. The van der Waals surface area contributed by atoms with E-state index in [0.717, 1.165) is 5.75 Å². The Kier molecular flexibility index (Phi) is 4.99. The van der Waals surface area contributed by atoms with Crippen LogP contribution in [0.3, 0.4) is 0 Å². The van der Waals surface area contributed by atoms with Crippen molar-refractivity contribution in [2.45, 2.75) is 12.7 Å². The minimum Gasteiger partial charge on any atom is -0.325 e. The number of amides is 1. The maximum Gasteiger partial charge on any atom is 0.234 e. The van der Waals surface area contributed by atoms with E-state index in [1.54, 1.807) is 42.2 Å². The van der Waals surface area contributed by atoms with Gasteiger partial charge in [0.15, 0.2) is 0 Å². The van der Waals surface area contributed by atoms with E-state index in [1.165, 1.54) is 10.9 Å². The maximum atomic E-state index is 13.3. The fourth-order valence-electron chi connectivity index (χ4n) is 1.51. The van der Waals surface area contributed by atoms with E-state index in [4.69, 9.17) is 0 Å². The molecular formula is C14H14FNOS2. The number of thiophene rings is 1. The number of hydrogen-bond acceptors (Lipinski definition) is 3.